The molecule has 0 heterocycles. The second kappa shape index (κ2) is 2.99. The van der Waals surface area contributed by atoms with Gasteiger partial charge in [-0.2, -0.15) is 0 Å². The second-order valence-corrected chi connectivity index (χ2v) is 3.79. The molecule has 0 aliphatic rings. The fourth-order valence-electron chi connectivity index (χ4n) is 0.504. The highest BCUT2D eigenvalue weighted by molar-refractivity contribution is 9.13. The minimum atomic E-state index is 1.06. The molecule has 0 unspecified atom stereocenters. The van der Waals surface area contributed by atoms with E-state index in [9.17, 15) is 0 Å². The Hall–Kier alpha value is 0.397. The lowest BCUT2D eigenvalue weighted by Gasteiger charge is -1.97. The summed E-state index contributed by atoms with van der Waals surface area (Å²) in [6.45, 7) is 0. The van der Waals surface area contributed by atoms with Crippen molar-refractivity contribution in [3.05, 3.63) is 27.1 Å². The Labute approximate surface area is 74.3 Å². The lowest BCUT2D eigenvalue weighted by molar-refractivity contribution is 1.64. The van der Waals surface area contributed by atoms with Crippen LogP contribution in [0.4, 0.5) is 0 Å². The Bertz CT molecular complexity index is 202. The topological polar surface area (TPSA) is 0 Å². The van der Waals surface area contributed by atoms with Gasteiger partial charge in [0.25, 0.3) is 0 Å². The maximum Gasteiger partial charge on any atom is 0.0728 e. The van der Waals surface area contributed by atoms with Crippen molar-refractivity contribution in [3.63, 3.8) is 0 Å². The van der Waals surface area contributed by atoms with E-state index in [0.29, 0.717) is 0 Å². The van der Waals surface area contributed by atoms with Crippen LogP contribution in [0.25, 0.3) is 0 Å². The largest absolute Gasteiger partial charge is 0.0728 e. The van der Waals surface area contributed by atoms with Crippen molar-refractivity contribution >= 4 is 47.3 Å². The van der Waals surface area contributed by atoms with Gasteiger partial charge in [0, 0.05) is 8.95 Å². The summed E-state index contributed by atoms with van der Waals surface area (Å²) in [5.41, 5.74) is 0. The summed E-state index contributed by atoms with van der Waals surface area (Å²) in [7, 11) is 3.42. The van der Waals surface area contributed by atoms with E-state index in [4.69, 9.17) is 0 Å². The Morgan fingerprint density at radius 1 is 1.22 bits per heavy atom. The van der Waals surface area contributed by atoms with Gasteiger partial charge < -0.3 is 0 Å². The molecule has 0 aliphatic carbocycles. The molecule has 1 aromatic carbocycles. The van der Waals surface area contributed by atoms with Crippen molar-refractivity contribution in [2.75, 3.05) is 0 Å². The monoisotopic (exact) mass is 261 g/mol. The van der Waals surface area contributed by atoms with Crippen LogP contribution in [0.15, 0.2) is 27.1 Å². The van der Waals surface area contributed by atoms with E-state index in [1.54, 1.807) is 0 Å². The van der Waals surface area contributed by atoms with E-state index in [1.807, 2.05) is 18.2 Å². The summed E-state index contributed by atoms with van der Waals surface area (Å²) in [5.74, 6) is 0. The van der Waals surface area contributed by atoms with Crippen LogP contribution in [0.1, 0.15) is 0 Å². The molecule has 0 N–H and O–H groups in total. The minimum absolute atomic E-state index is 1.06. The van der Waals surface area contributed by atoms with Crippen LogP contribution in [0.5, 0.6) is 0 Å². The average Bonchev–Trinajstić information content (AvgIpc) is 1.83. The molecule has 9 heavy (non-hydrogen) atoms. The van der Waals surface area contributed by atoms with Crippen molar-refractivity contribution in [1.29, 1.82) is 0 Å². The highest BCUT2D eigenvalue weighted by atomic mass is 79.9. The molecular formula is C6H3Br2Si. The summed E-state index contributed by atoms with van der Waals surface area (Å²) in [6.07, 6.45) is 0. The molecule has 0 saturated carbocycles. The van der Waals surface area contributed by atoms with E-state index < -0.39 is 0 Å². The third kappa shape index (κ3) is 1.66. The van der Waals surface area contributed by atoms with Crippen LogP contribution in [0.2, 0.25) is 0 Å². The molecule has 0 aromatic heterocycles. The van der Waals surface area contributed by atoms with Crippen molar-refractivity contribution < 1.29 is 0 Å². The molecule has 3 heteroatoms. The van der Waals surface area contributed by atoms with Crippen molar-refractivity contribution in [3.8, 4) is 0 Å². The van der Waals surface area contributed by atoms with Gasteiger partial charge in [-0.25, -0.2) is 0 Å². The number of rotatable bonds is 0. The first-order valence-corrected chi connectivity index (χ1v) is 4.46. The molecule has 0 bridgehead atoms. The normalized spacial score (nSPS) is 9.67. The van der Waals surface area contributed by atoms with Gasteiger partial charge >= 0.3 is 0 Å². The van der Waals surface area contributed by atoms with Gasteiger partial charge in [0.2, 0.25) is 0 Å². The summed E-state index contributed by atoms with van der Waals surface area (Å²) in [5, 5.41) is 1.06. The van der Waals surface area contributed by atoms with Gasteiger partial charge in [-0.05, 0) is 37.9 Å². The van der Waals surface area contributed by atoms with E-state index in [1.165, 1.54) is 0 Å². The number of halogens is 2. The quantitative estimate of drug-likeness (QED) is 0.628. The highest BCUT2D eigenvalue weighted by Crippen LogP contribution is 2.18. The Morgan fingerprint density at radius 3 is 2.33 bits per heavy atom. The first-order chi connectivity index (χ1) is 4.22. The fourth-order valence-corrected chi connectivity index (χ4v) is 1.55. The lowest BCUT2D eigenvalue weighted by Crippen LogP contribution is -2.02. The smallest absolute Gasteiger partial charge is 0.0627 e. The predicted octanol–water partition coefficient (Wildman–Crippen LogP) is 2.01. The zero-order valence-electron chi connectivity index (χ0n) is 4.49. The molecular weight excluding hydrogens is 260 g/mol. The molecule has 0 spiro atoms. The fraction of sp³-hybridized carbons (Fsp3) is 0. The second-order valence-electron chi connectivity index (χ2n) is 1.60. The minimum Gasteiger partial charge on any atom is -0.0627 e. The summed E-state index contributed by atoms with van der Waals surface area (Å²) in [6, 6.07) is 5.93. The molecule has 0 atom stereocenters. The zero-order chi connectivity index (χ0) is 6.85. The molecule has 45 valence electrons. The Balaban J connectivity index is 3.25. The summed E-state index contributed by atoms with van der Waals surface area (Å²) >= 11 is 6.75. The van der Waals surface area contributed by atoms with E-state index in [-0.39, 0.29) is 0 Å². The van der Waals surface area contributed by atoms with Crippen LogP contribution in [0, 0.1) is 0 Å². The van der Waals surface area contributed by atoms with Crippen LogP contribution < -0.4 is 5.19 Å². The molecule has 1 aromatic rings. The van der Waals surface area contributed by atoms with E-state index in [0.717, 1.165) is 14.1 Å². The van der Waals surface area contributed by atoms with Gasteiger partial charge in [-0.15, -0.1) is 0 Å². The molecule has 0 saturated heterocycles. The van der Waals surface area contributed by atoms with Crippen molar-refractivity contribution in [2.45, 2.75) is 0 Å². The van der Waals surface area contributed by atoms with Crippen LogP contribution in [0.3, 0.4) is 0 Å². The number of hydrogen-bond donors (Lipinski definition) is 0. The van der Waals surface area contributed by atoms with Gasteiger partial charge in [-0.3, -0.25) is 0 Å². The molecule has 0 nitrogen and oxygen atoms in total. The van der Waals surface area contributed by atoms with E-state index >= 15 is 0 Å². The summed E-state index contributed by atoms with van der Waals surface area (Å²) < 4.78 is 2.12. The van der Waals surface area contributed by atoms with Crippen LogP contribution in [-0.2, 0) is 0 Å². The van der Waals surface area contributed by atoms with Gasteiger partial charge in [0.1, 0.15) is 0 Å². The van der Waals surface area contributed by atoms with E-state index in [2.05, 4.69) is 42.1 Å². The maximum atomic E-state index is 3.42. The van der Waals surface area contributed by atoms with Gasteiger partial charge in [-0.1, -0.05) is 17.3 Å². The number of benzene rings is 1. The molecule has 0 fully saturated rings. The highest BCUT2D eigenvalue weighted by Gasteiger charge is 1.95. The zero-order valence-corrected chi connectivity index (χ0v) is 8.66. The molecule has 0 aliphatic heterocycles. The van der Waals surface area contributed by atoms with Crippen LogP contribution in [-0.4, -0.2) is 10.2 Å². The van der Waals surface area contributed by atoms with Crippen molar-refractivity contribution in [1.82, 2.24) is 0 Å². The molecule has 3 radical (unpaired) electrons. The average molecular weight is 263 g/mol. The maximum absolute atomic E-state index is 3.42. The Kier molecular flexibility index (Phi) is 2.49. The standard InChI is InChI=1S/C6H3Br2Si/c7-4-2-1-3-5(9)6(4)8/h1-3H. The van der Waals surface area contributed by atoms with Gasteiger partial charge in [0.15, 0.2) is 0 Å². The van der Waals surface area contributed by atoms with Crippen LogP contribution >= 0.6 is 31.9 Å². The molecule has 1 rings (SSSR count). The molecule has 0 amide bonds. The summed E-state index contributed by atoms with van der Waals surface area (Å²) in [4.78, 5) is 0. The van der Waals surface area contributed by atoms with Crippen molar-refractivity contribution in [2.24, 2.45) is 0 Å². The lowest BCUT2D eigenvalue weighted by atomic mass is 10.4. The third-order valence-electron chi connectivity index (χ3n) is 0.952. The first kappa shape index (κ1) is 7.50. The SMILES string of the molecule is [Si]c1cccc(Br)c1Br. The third-order valence-corrected chi connectivity index (χ3v) is 3.78. The van der Waals surface area contributed by atoms with Gasteiger partial charge in [0.05, 0.1) is 10.2 Å². The first-order valence-electron chi connectivity index (χ1n) is 2.37. The predicted molar refractivity (Wildman–Crippen MR) is 47.2 cm³/mol. The Morgan fingerprint density at radius 2 is 1.89 bits per heavy atom. The number of hydrogen-bond acceptors (Lipinski definition) is 0.